The summed E-state index contributed by atoms with van der Waals surface area (Å²) in [5, 5.41) is 12.1. The van der Waals surface area contributed by atoms with Crippen LogP contribution in [0.4, 0.5) is 5.69 Å². The second kappa shape index (κ2) is 5.44. The number of ether oxygens (including phenoxy) is 1. The summed E-state index contributed by atoms with van der Waals surface area (Å²) in [5.41, 5.74) is 1.96. The summed E-state index contributed by atoms with van der Waals surface area (Å²) in [6.07, 6.45) is 0. The third-order valence-corrected chi connectivity index (χ3v) is 2.80. The lowest BCUT2D eigenvalue weighted by atomic mass is 10.1. The van der Waals surface area contributed by atoms with Gasteiger partial charge >= 0.3 is 0 Å². The molecule has 0 fully saturated rings. The predicted octanol–water partition coefficient (Wildman–Crippen LogP) is 2.96. The van der Waals surface area contributed by atoms with Gasteiger partial charge in [-0.25, -0.2) is 0 Å². The highest BCUT2D eigenvalue weighted by Crippen LogP contribution is 2.19. The van der Waals surface area contributed by atoms with Gasteiger partial charge in [0, 0.05) is 11.3 Å². The van der Waals surface area contributed by atoms with Crippen molar-refractivity contribution in [1.29, 1.82) is 0 Å². The Kier molecular flexibility index (Phi) is 3.71. The fourth-order valence-electron chi connectivity index (χ4n) is 1.78. The van der Waals surface area contributed by atoms with Crippen molar-refractivity contribution in [3.63, 3.8) is 0 Å². The second-order valence-electron chi connectivity index (χ2n) is 4.18. The van der Waals surface area contributed by atoms with Crippen LogP contribution < -0.4 is 10.1 Å². The molecule has 98 valence electrons. The molecular formula is C15H15NO3. The molecule has 0 aliphatic rings. The number of phenols is 1. The van der Waals surface area contributed by atoms with Crippen molar-refractivity contribution in [3.8, 4) is 11.5 Å². The van der Waals surface area contributed by atoms with Gasteiger partial charge in [-0.15, -0.1) is 0 Å². The zero-order chi connectivity index (χ0) is 13.8. The summed E-state index contributed by atoms with van der Waals surface area (Å²) in [6, 6.07) is 11.7. The summed E-state index contributed by atoms with van der Waals surface area (Å²) in [4.78, 5) is 12.1. The van der Waals surface area contributed by atoms with Crippen LogP contribution in [0.1, 0.15) is 15.9 Å². The number of aromatic hydroxyl groups is 1. The molecule has 0 spiro atoms. The smallest absolute Gasteiger partial charge is 0.255 e. The van der Waals surface area contributed by atoms with E-state index in [0.29, 0.717) is 11.3 Å². The van der Waals surface area contributed by atoms with E-state index < -0.39 is 0 Å². The van der Waals surface area contributed by atoms with Crippen LogP contribution in [0.25, 0.3) is 0 Å². The standard InChI is InChI=1S/C15H15NO3/c1-10-9-12(17)5-8-14(10)15(18)16-11-3-6-13(19-2)7-4-11/h3-9,17H,1-2H3,(H,16,18). The molecule has 19 heavy (non-hydrogen) atoms. The van der Waals surface area contributed by atoms with E-state index in [1.54, 1.807) is 50.4 Å². The lowest BCUT2D eigenvalue weighted by molar-refractivity contribution is 0.102. The lowest BCUT2D eigenvalue weighted by Crippen LogP contribution is -2.13. The first-order valence-electron chi connectivity index (χ1n) is 5.85. The van der Waals surface area contributed by atoms with E-state index in [1.807, 2.05) is 0 Å². The molecule has 0 heterocycles. The average molecular weight is 257 g/mol. The molecular weight excluding hydrogens is 242 g/mol. The number of rotatable bonds is 3. The van der Waals surface area contributed by atoms with Crippen LogP contribution in [-0.2, 0) is 0 Å². The summed E-state index contributed by atoms with van der Waals surface area (Å²) in [5.74, 6) is 0.681. The highest BCUT2D eigenvalue weighted by molar-refractivity contribution is 6.05. The predicted molar refractivity (Wildman–Crippen MR) is 73.8 cm³/mol. The first-order chi connectivity index (χ1) is 9.10. The van der Waals surface area contributed by atoms with Gasteiger partial charge in [-0.2, -0.15) is 0 Å². The van der Waals surface area contributed by atoms with Gasteiger partial charge < -0.3 is 15.2 Å². The van der Waals surface area contributed by atoms with Crippen LogP contribution in [0.3, 0.4) is 0 Å². The quantitative estimate of drug-likeness (QED) is 0.888. The number of carbonyl (C=O) groups is 1. The van der Waals surface area contributed by atoms with Crippen molar-refractivity contribution < 1.29 is 14.6 Å². The van der Waals surface area contributed by atoms with Crippen molar-refractivity contribution in [1.82, 2.24) is 0 Å². The third kappa shape index (κ3) is 3.04. The molecule has 0 saturated carbocycles. The number of benzene rings is 2. The molecule has 0 aromatic heterocycles. The third-order valence-electron chi connectivity index (χ3n) is 2.80. The zero-order valence-electron chi connectivity index (χ0n) is 10.8. The SMILES string of the molecule is COc1ccc(NC(=O)c2ccc(O)cc2C)cc1. The molecule has 2 N–H and O–H groups in total. The number of hydrogen-bond donors (Lipinski definition) is 2. The normalized spacial score (nSPS) is 10.0. The van der Waals surface area contributed by atoms with E-state index in [2.05, 4.69) is 5.32 Å². The van der Waals surface area contributed by atoms with E-state index in [4.69, 9.17) is 4.74 Å². The Morgan fingerprint density at radius 2 is 1.84 bits per heavy atom. The van der Waals surface area contributed by atoms with E-state index in [0.717, 1.165) is 11.3 Å². The molecule has 0 unspecified atom stereocenters. The van der Waals surface area contributed by atoms with Gasteiger partial charge in [0.25, 0.3) is 5.91 Å². The molecule has 0 saturated heterocycles. The van der Waals surface area contributed by atoms with Crippen molar-refractivity contribution in [2.24, 2.45) is 0 Å². The summed E-state index contributed by atoms with van der Waals surface area (Å²) < 4.78 is 5.05. The molecule has 0 aliphatic carbocycles. The maximum atomic E-state index is 12.1. The molecule has 2 aromatic carbocycles. The number of aryl methyl sites for hydroxylation is 1. The van der Waals surface area contributed by atoms with Gasteiger partial charge in [-0.3, -0.25) is 4.79 Å². The molecule has 0 radical (unpaired) electrons. The van der Waals surface area contributed by atoms with Gasteiger partial charge in [0.2, 0.25) is 0 Å². The Bertz CT molecular complexity index is 591. The Labute approximate surface area is 111 Å². The highest BCUT2D eigenvalue weighted by atomic mass is 16.5. The van der Waals surface area contributed by atoms with Gasteiger partial charge in [0.1, 0.15) is 11.5 Å². The minimum atomic E-state index is -0.206. The molecule has 0 aliphatic heterocycles. The Morgan fingerprint density at radius 3 is 2.42 bits per heavy atom. The van der Waals surface area contributed by atoms with Crippen LogP contribution in [0.5, 0.6) is 11.5 Å². The summed E-state index contributed by atoms with van der Waals surface area (Å²) in [6.45, 7) is 1.78. The summed E-state index contributed by atoms with van der Waals surface area (Å²) >= 11 is 0. The first-order valence-corrected chi connectivity index (χ1v) is 5.85. The highest BCUT2D eigenvalue weighted by Gasteiger charge is 2.09. The Balaban J connectivity index is 2.15. The monoisotopic (exact) mass is 257 g/mol. The van der Waals surface area contributed by atoms with Gasteiger partial charge in [-0.1, -0.05) is 0 Å². The Hall–Kier alpha value is -2.49. The number of phenolic OH excluding ortho intramolecular Hbond substituents is 1. The zero-order valence-corrected chi connectivity index (χ0v) is 10.8. The molecule has 4 nitrogen and oxygen atoms in total. The van der Waals surface area contributed by atoms with Crippen LogP contribution in [0.2, 0.25) is 0 Å². The maximum absolute atomic E-state index is 12.1. The fourth-order valence-corrected chi connectivity index (χ4v) is 1.78. The number of methoxy groups -OCH3 is 1. The molecule has 4 heteroatoms. The van der Waals surface area contributed by atoms with Crippen molar-refractivity contribution in [2.75, 3.05) is 12.4 Å². The average Bonchev–Trinajstić information content (AvgIpc) is 2.39. The topological polar surface area (TPSA) is 58.6 Å². The maximum Gasteiger partial charge on any atom is 0.255 e. The van der Waals surface area contributed by atoms with Crippen LogP contribution >= 0.6 is 0 Å². The number of anilines is 1. The van der Waals surface area contributed by atoms with Crippen LogP contribution in [0.15, 0.2) is 42.5 Å². The van der Waals surface area contributed by atoms with E-state index in [9.17, 15) is 9.90 Å². The molecule has 0 bridgehead atoms. The van der Waals surface area contributed by atoms with Gasteiger partial charge in [0.05, 0.1) is 7.11 Å². The number of amides is 1. The van der Waals surface area contributed by atoms with Crippen LogP contribution in [-0.4, -0.2) is 18.1 Å². The largest absolute Gasteiger partial charge is 0.508 e. The van der Waals surface area contributed by atoms with Crippen molar-refractivity contribution in [2.45, 2.75) is 6.92 Å². The number of nitrogens with one attached hydrogen (secondary N) is 1. The fraction of sp³-hybridized carbons (Fsp3) is 0.133. The van der Waals surface area contributed by atoms with Crippen molar-refractivity contribution >= 4 is 11.6 Å². The van der Waals surface area contributed by atoms with Crippen LogP contribution in [0, 0.1) is 6.92 Å². The van der Waals surface area contributed by atoms with E-state index >= 15 is 0 Å². The molecule has 2 rings (SSSR count). The minimum Gasteiger partial charge on any atom is -0.508 e. The minimum absolute atomic E-state index is 0.151. The summed E-state index contributed by atoms with van der Waals surface area (Å²) in [7, 11) is 1.59. The number of hydrogen-bond acceptors (Lipinski definition) is 3. The number of carbonyl (C=O) groups excluding carboxylic acids is 1. The second-order valence-corrected chi connectivity index (χ2v) is 4.18. The molecule has 1 amide bonds. The first kappa shape index (κ1) is 13.0. The molecule has 2 aromatic rings. The lowest BCUT2D eigenvalue weighted by Gasteiger charge is -2.08. The van der Waals surface area contributed by atoms with E-state index in [-0.39, 0.29) is 11.7 Å². The van der Waals surface area contributed by atoms with Gasteiger partial charge in [-0.05, 0) is 55.0 Å². The van der Waals surface area contributed by atoms with Gasteiger partial charge in [0.15, 0.2) is 0 Å². The Morgan fingerprint density at radius 1 is 1.16 bits per heavy atom. The van der Waals surface area contributed by atoms with Crippen molar-refractivity contribution in [3.05, 3.63) is 53.6 Å². The molecule has 0 atom stereocenters. The van der Waals surface area contributed by atoms with E-state index in [1.165, 1.54) is 6.07 Å².